The molecule has 3 nitrogen and oxygen atoms in total. The van der Waals surface area contributed by atoms with Crippen molar-refractivity contribution >= 4 is 11.7 Å². The largest absolute Gasteiger partial charge is 0.467 e. The summed E-state index contributed by atoms with van der Waals surface area (Å²) in [6.45, 7) is 1.94. The van der Waals surface area contributed by atoms with Gasteiger partial charge in [0.15, 0.2) is 17.5 Å². The van der Waals surface area contributed by atoms with E-state index in [-0.39, 0.29) is 5.69 Å². The lowest BCUT2D eigenvalue weighted by Gasteiger charge is -2.18. The highest BCUT2D eigenvalue weighted by Gasteiger charge is 2.21. The van der Waals surface area contributed by atoms with E-state index in [0.717, 1.165) is 25.0 Å². The fourth-order valence-corrected chi connectivity index (χ4v) is 1.62. The first kappa shape index (κ1) is 15.3. The van der Waals surface area contributed by atoms with Gasteiger partial charge in [-0.05, 0) is 18.6 Å². The van der Waals surface area contributed by atoms with Gasteiger partial charge < -0.3 is 10.1 Å². The van der Waals surface area contributed by atoms with Gasteiger partial charge in [0.25, 0.3) is 0 Å². The predicted molar refractivity (Wildman–Crippen MR) is 65.3 cm³/mol. The molecule has 106 valence electrons. The molecule has 1 aromatic rings. The molecule has 0 bridgehead atoms. The molecular weight excluding hydrogens is 259 g/mol. The Balaban J connectivity index is 2.90. The zero-order valence-corrected chi connectivity index (χ0v) is 10.8. The van der Waals surface area contributed by atoms with Gasteiger partial charge in [0.05, 0.1) is 12.8 Å². The van der Waals surface area contributed by atoms with Crippen molar-refractivity contribution in [1.82, 2.24) is 0 Å². The van der Waals surface area contributed by atoms with Gasteiger partial charge in [0.1, 0.15) is 6.04 Å². The van der Waals surface area contributed by atoms with E-state index in [2.05, 4.69) is 10.1 Å². The Morgan fingerprint density at radius 1 is 1.32 bits per heavy atom. The summed E-state index contributed by atoms with van der Waals surface area (Å²) >= 11 is 0. The summed E-state index contributed by atoms with van der Waals surface area (Å²) in [7, 11) is 1.21. The highest BCUT2D eigenvalue weighted by atomic mass is 19.2. The van der Waals surface area contributed by atoms with Crippen LogP contribution in [0.4, 0.5) is 18.9 Å². The molecule has 0 saturated heterocycles. The molecule has 0 aromatic heterocycles. The maximum atomic E-state index is 13.5. The fourth-order valence-electron chi connectivity index (χ4n) is 1.62. The zero-order chi connectivity index (χ0) is 14.4. The van der Waals surface area contributed by atoms with Crippen LogP contribution in [-0.2, 0) is 9.53 Å². The summed E-state index contributed by atoms with van der Waals surface area (Å²) in [4.78, 5) is 11.5. The molecule has 1 N–H and O–H groups in total. The number of carbonyl (C=O) groups is 1. The number of benzene rings is 1. The monoisotopic (exact) mass is 275 g/mol. The molecule has 0 fully saturated rings. The lowest BCUT2D eigenvalue weighted by molar-refractivity contribution is -0.141. The number of anilines is 1. The van der Waals surface area contributed by atoms with Crippen LogP contribution in [0, 0.1) is 17.5 Å². The third-order valence-electron chi connectivity index (χ3n) is 2.70. The summed E-state index contributed by atoms with van der Waals surface area (Å²) in [5.74, 6) is -4.75. The van der Waals surface area contributed by atoms with Gasteiger partial charge in [-0.2, -0.15) is 0 Å². The van der Waals surface area contributed by atoms with Gasteiger partial charge in [0.2, 0.25) is 0 Å². The number of ether oxygens (including phenoxy) is 1. The Morgan fingerprint density at radius 2 is 2.00 bits per heavy atom. The van der Waals surface area contributed by atoms with Gasteiger partial charge in [-0.3, -0.25) is 0 Å². The number of hydrogen-bond acceptors (Lipinski definition) is 3. The van der Waals surface area contributed by atoms with Crippen molar-refractivity contribution in [2.45, 2.75) is 32.2 Å². The van der Waals surface area contributed by atoms with Gasteiger partial charge in [-0.25, -0.2) is 18.0 Å². The number of hydrogen-bond donors (Lipinski definition) is 1. The predicted octanol–water partition coefficient (Wildman–Crippen LogP) is 3.25. The summed E-state index contributed by atoms with van der Waals surface area (Å²) in [6, 6.07) is 1.06. The standard InChI is InChI=1S/C13H16F3NO2/c1-3-4-5-10(13(18)19-2)17-9-7-6-8(14)11(15)12(9)16/h6-7,10,17H,3-5H2,1-2H3. The molecule has 1 unspecified atom stereocenters. The zero-order valence-electron chi connectivity index (χ0n) is 10.8. The molecule has 1 rings (SSSR count). The molecule has 1 atom stereocenters. The second-order valence-corrected chi connectivity index (χ2v) is 4.09. The Morgan fingerprint density at radius 3 is 2.58 bits per heavy atom. The average Bonchev–Trinajstić information content (AvgIpc) is 2.42. The van der Waals surface area contributed by atoms with Crippen LogP contribution in [0.25, 0.3) is 0 Å². The Bertz CT molecular complexity index is 452. The number of unbranched alkanes of at least 4 members (excludes halogenated alkanes) is 1. The van der Waals surface area contributed by atoms with Crippen molar-refractivity contribution in [3.8, 4) is 0 Å². The fraction of sp³-hybridized carbons (Fsp3) is 0.462. The van der Waals surface area contributed by atoms with Crippen LogP contribution in [0.1, 0.15) is 26.2 Å². The molecule has 6 heteroatoms. The van der Waals surface area contributed by atoms with Crippen LogP contribution in [-0.4, -0.2) is 19.1 Å². The first-order valence-electron chi connectivity index (χ1n) is 5.99. The van der Waals surface area contributed by atoms with E-state index in [1.165, 1.54) is 7.11 Å². The van der Waals surface area contributed by atoms with Crippen LogP contribution in [0.3, 0.4) is 0 Å². The van der Waals surface area contributed by atoms with Crippen LogP contribution >= 0.6 is 0 Å². The smallest absolute Gasteiger partial charge is 0.328 e. The van der Waals surface area contributed by atoms with Gasteiger partial charge in [0, 0.05) is 0 Å². The lowest BCUT2D eigenvalue weighted by atomic mass is 10.1. The van der Waals surface area contributed by atoms with Crippen LogP contribution in [0.15, 0.2) is 12.1 Å². The molecule has 0 aliphatic rings. The number of nitrogens with one attached hydrogen (secondary N) is 1. The molecule has 0 saturated carbocycles. The first-order chi connectivity index (χ1) is 9.01. The maximum absolute atomic E-state index is 13.5. The molecule has 0 heterocycles. The average molecular weight is 275 g/mol. The molecule has 0 aliphatic carbocycles. The SMILES string of the molecule is CCCCC(Nc1ccc(F)c(F)c1F)C(=O)OC. The number of methoxy groups -OCH3 is 1. The Kier molecular flexibility index (Phi) is 5.66. The minimum absolute atomic E-state index is 0.259. The van der Waals surface area contributed by atoms with Crippen molar-refractivity contribution in [1.29, 1.82) is 0 Å². The van der Waals surface area contributed by atoms with Crippen LogP contribution in [0.2, 0.25) is 0 Å². The molecule has 1 aromatic carbocycles. The third kappa shape index (κ3) is 3.87. The molecule has 0 aliphatic heterocycles. The highest BCUT2D eigenvalue weighted by Crippen LogP contribution is 2.21. The molecule has 0 amide bonds. The van der Waals surface area contributed by atoms with E-state index in [9.17, 15) is 18.0 Å². The van der Waals surface area contributed by atoms with E-state index in [1.807, 2.05) is 6.92 Å². The molecule has 19 heavy (non-hydrogen) atoms. The summed E-state index contributed by atoms with van der Waals surface area (Å²) in [5, 5.41) is 2.54. The number of esters is 1. The Labute approximate surface area is 109 Å². The minimum atomic E-state index is -1.57. The minimum Gasteiger partial charge on any atom is -0.467 e. The van der Waals surface area contributed by atoms with E-state index in [4.69, 9.17) is 0 Å². The highest BCUT2D eigenvalue weighted by molar-refractivity contribution is 5.79. The third-order valence-corrected chi connectivity index (χ3v) is 2.70. The van der Waals surface area contributed by atoms with Gasteiger partial charge in [-0.15, -0.1) is 0 Å². The quantitative estimate of drug-likeness (QED) is 0.639. The first-order valence-corrected chi connectivity index (χ1v) is 5.99. The topological polar surface area (TPSA) is 38.3 Å². The van der Waals surface area contributed by atoms with Crippen molar-refractivity contribution < 1.29 is 22.7 Å². The van der Waals surface area contributed by atoms with Gasteiger partial charge >= 0.3 is 5.97 Å². The van der Waals surface area contributed by atoms with E-state index >= 15 is 0 Å². The van der Waals surface area contributed by atoms with Crippen LogP contribution < -0.4 is 5.32 Å². The molecular formula is C13H16F3NO2. The normalized spacial score (nSPS) is 12.1. The summed E-state index contributed by atoms with van der Waals surface area (Å²) in [6.07, 6.45) is 1.98. The second-order valence-electron chi connectivity index (χ2n) is 4.09. The summed E-state index contributed by atoms with van der Waals surface area (Å²) < 4.78 is 43.9. The molecule has 0 radical (unpaired) electrons. The van der Waals surface area contributed by atoms with E-state index in [0.29, 0.717) is 6.42 Å². The summed E-state index contributed by atoms with van der Waals surface area (Å²) in [5.41, 5.74) is -0.259. The van der Waals surface area contributed by atoms with Crippen molar-refractivity contribution in [2.75, 3.05) is 12.4 Å². The number of rotatable bonds is 6. The van der Waals surface area contributed by atoms with Crippen LogP contribution in [0.5, 0.6) is 0 Å². The lowest BCUT2D eigenvalue weighted by Crippen LogP contribution is -2.31. The van der Waals surface area contributed by atoms with Gasteiger partial charge in [-0.1, -0.05) is 19.8 Å². The van der Waals surface area contributed by atoms with E-state index in [1.54, 1.807) is 0 Å². The van der Waals surface area contributed by atoms with Crippen molar-refractivity contribution in [3.05, 3.63) is 29.6 Å². The van der Waals surface area contributed by atoms with E-state index < -0.39 is 29.5 Å². The molecule has 0 spiro atoms. The van der Waals surface area contributed by atoms with Crippen molar-refractivity contribution in [2.24, 2.45) is 0 Å². The number of halogens is 3. The second kappa shape index (κ2) is 7.01. The number of carbonyl (C=O) groups excluding carboxylic acids is 1. The Hall–Kier alpha value is -1.72. The van der Waals surface area contributed by atoms with Crippen molar-refractivity contribution in [3.63, 3.8) is 0 Å². The maximum Gasteiger partial charge on any atom is 0.328 e.